The van der Waals surface area contributed by atoms with Crippen LogP contribution in [0.3, 0.4) is 0 Å². The van der Waals surface area contributed by atoms with Crippen LogP contribution in [-0.4, -0.2) is 45.3 Å². The van der Waals surface area contributed by atoms with Gasteiger partial charge in [0.25, 0.3) is 0 Å². The Labute approximate surface area is 109 Å². The molecule has 1 N–H and O–H groups in total. The minimum Gasteiger partial charge on any atom is -0.383 e. The van der Waals surface area contributed by atoms with Crippen LogP contribution in [0, 0.1) is 5.82 Å². The van der Waals surface area contributed by atoms with E-state index in [1.54, 1.807) is 13.2 Å². The van der Waals surface area contributed by atoms with Gasteiger partial charge in [0.1, 0.15) is 5.82 Å². The Morgan fingerprint density at radius 1 is 1.28 bits per heavy atom. The molecule has 1 aromatic rings. The normalized spacial score (nSPS) is 11.1. The van der Waals surface area contributed by atoms with E-state index in [4.69, 9.17) is 4.74 Å². The zero-order valence-corrected chi connectivity index (χ0v) is 11.3. The molecule has 1 rings (SSSR count). The molecule has 1 aromatic carbocycles. The highest BCUT2D eigenvalue weighted by Crippen LogP contribution is 2.08. The first kappa shape index (κ1) is 15.1. The molecule has 0 fully saturated rings. The molecule has 0 atom stereocenters. The van der Waals surface area contributed by atoms with Gasteiger partial charge in [0.2, 0.25) is 0 Å². The van der Waals surface area contributed by atoms with Crippen molar-refractivity contribution >= 4 is 0 Å². The third-order valence-electron chi connectivity index (χ3n) is 2.77. The topological polar surface area (TPSA) is 24.5 Å². The molecule has 0 saturated carbocycles. The van der Waals surface area contributed by atoms with Crippen LogP contribution in [0.15, 0.2) is 24.3 Å². The lowest BCUT2D eigenvalue weighted by molar-refractivity contribution is 0.198. The van der Waals surface area contributed by atoms with Crippen molar-refractivity contribution in [1.29, 1.82) is 0 Å². The number of nitrogens with one attached hydrogen (secondary N) is 1. The van der Waals surface area contributed by atoms with Crippen molar-refractivity contribution in [3.63, 3.8) is 0 Å². The SMILES string of the molecule is COCCNCCCN(C)Cc1ccccc1F. The van der Waals surface area contributed by atoms with Crippen LogP contribution in [0.1, 0.15) is 12.0 Å². The molecule has 18 heavy (non-hydrogen) atoms. The van der Waals surface area contributed by atoms with E-state index in [1.165, 1.54) is 6.07 Å². The molecule has 0 aromatic heterocycles. The minimum absolute atomic E-state index is 0.123. The summed E-state index contributed by atoms with van der Waals surface area (Å²) >= 11 is 0. The molecule has 0 amide bonds. The summed E-state index contributed by atoms with van der Waals surface area (Å²) in [5, 5.41) is 3.29. The maximum atomic E-state index is 13.4. The zero-order valence-electron chi connectivity index (χ0n) is 11.3. The minimum atomic E-state index is -0.123. The summed E-state index contributed by atoms with van der Waals surface area (Å²) in [6, 6.07) is 6.94. The number of rotatable bonds is 9. The number of methoxy groups -OCH3 is 1. The first-order valence-electron chi connectivity index (χ1n) is 6.35. The Balaban J connectivity index is 2.14. The maximum absolute atomic E-state index is 13.4. The lowest BCUT2D eigenvalue weighted by Crippen LogP contribution is -2.26. The molecule has 0 saturated heterocycles. The Kier molecular flexibility index (Phi) is 7.57. The quantitative estimate of drug-likeness (QED) is 0.681. The fourth-order valence-electron chi connectivity index (χ4n) is 1.77. The van der Waals surface area contributed by atoms with Crippen LogP contribution in [0.4, 0.5) is 4.39 Å². The van der Waals surface area contributed by atoms with Crippen LogP contribution in [0.25, 0.3) is 0 Å². The second-order valence-electron chi connectivity index (χ2n) is 4.43. The van der Waals surface area contributed by atoms with Crippen molar-refractivity contribution < 1.29 is 9.13 Å². The van der Waals surface area contributed by atoms with E-state index in [2.05, 4.69) is 10.2 Å². The smallest absolute Gasteiger partial charge is 0.127 e. The molecule has 102 valence electrons. The van der Waals surface area contributed by atoms with Gasteiger partial charge in [-0.2, -0.15) is 0 Å². The molecule has 0 aliphatic heterocycles. The summed E-state index contributed by atoms with van der Waals surface area (Å²) in [4.78, 5) is 2.14. The Morgan fingerprint density at radius 3 is 2.78 bits per heavy atom. The van der Waals surface area contributed by atoms with Gasteiger partial charge in [0.05, 0.1) is 6.61 Å². The van der Waals surface area contributed by atoms with Crippen molar-refractivity contribution in [2.75, 3.05) is 40.4 Å². The van der Waals surface area contributed by atoms with Gasteiger partial charge in [-0.15, -0.1) is 0 Å². The second kappa shape index (κ2) is 9.03. The van der Waals surface area contributed by atoms with Gasteiger partial charge >= 0.3 is 0 Å². The second-order valence-corrected chi connectivity index (χ2v) is 4.43. The van der Waals surface area contributed by atoms with E-state index in [0.717, 1.165) is 38.2 Å². The van der Waals surface area contributed by atoms with Gasteiger partial charge in [0, 0.05) is 25.8 Å². The van der Waals surface area contributed by atoms with Crippen molar-refractivity contribution in [2.45, 2.75) is 13.0 Å². The first-order chi connectivity index (χ1) is 8.74. The Bertz CT molecular complexity index is 333. The summed E-state index contributed by atoms with van der Waals surface area (Å²) in [6.07, 6.45) is 1.05. The highest BCUT2D eigenvalue weighted by atomic mass is 19.1. The number of hydrogen-bond donors (Lipinski definition) is 1. The van der Waals surface area contributed by atoms with E-state index in [0.29, 0.717) is 6.54 Å². The average Bonchev–Trinajstić information content (AvgIpc) is 2.36. The monoisotopic (exact) mass is 254 g/mol. The molecule has 0 spiro atoms. The van der Waals surface area contributed by atoms with Gasteiger partial charge in [-0.05, 0) is 32.6 Å². The number of nitrogens with zero attached hydrogens (tertiary/aromatic N) is 1. The van der Waals surface area contributed by atoms with Crippen LogP contribution in [0.2, 0.25) is 0 Å². The molecular formula is C14H23FN2O. The van der Waals surface area contributed by atoms with Gasteiger partial charge in [-0.3, -0.25) is 0 Å². The van der Waals surface area contributed by atoms with Crippen LogP contribution in [0.5, 0.6) is 0 Å². The predicted octanol–water partition coefficient (Wildman–Crippen LogP) is 1.88. The van der Waals surface area contributed by atoms with Gasteiger partial charge in [-0.25, -0.2) is 4.39 Å². The van der Waals surface area contributed by atoms with Gasteiger partial charge in [-0.1, -0.05) is 18.2 Å². The van der Waals surface area contributed by atoms with E-state index >= 15 is 0 Å². The number of hydrogen-bond acceptors (Lipinski definition) is 3. The van der Waals surface area contributed by atoms with Crippen molar-refractivity contribution in [3.05, 3.63) is 35.6 Å². The van der Waals surface area contributed by atoms with Crippen molar-refractivity contribution in [1.82, 2.24) is 10.2 Å². The van der Waals surface area contributed by atoms with E-state index in [-0.39, 0.29) is 5.82 Å². The summed E-state index contributed by atoms with van der Waals surface area (Å²) in [5.41, 5.74) is 0.757. The summed E-state index contributed by atoms with van der Waals surface area (Å²) in [6.45, 7) is 4.20. The maximum Gasteiger partial charge on any atom is 0.127 e. The Hall–Kier alpha value is -0.970. The van der Waals surface area contributed by atoms with Gasteiger partial charge < -0.3 is 15.0 Å². The zero-order chi connectivity index (χ0) is 13.2. The summed E-state index contributed by atoms with van der Waals surface area (Å²) in [5.74, 6) is -0.123. The van der Waals surface area contributed by atoms with Crippen LogP contribution in [-0.2, 0) is 11.3 Å². The van der Waals surface area contributed by atoms with E-state index < -0.39 is 0 Å². The number of halogens is 1. The third kappa shape index (κ3) is 6.10. The molecule has 0 heterocycles. The molecule has 0 bridgehead atoms. The molecule has 4 heteroatoms. The van der Waals surface area contributed by atoms with E-state index in [1.807, 2.05) is 19.2 Å². The van der Waals surface area contributed by atoms with Crippen LogP contribution >= 0.6 is 0 Å². The van der Waals surface area contributed by atoms with Gasteiger partial charge in [0.15, 0.2) is 0 Å². The largest absolute Gasteiger partial charge is 0.383 e. The summed E-state index contributed by atoms with van der Waals surface area (Å²) < 4.78 is 18.4. The first-order valence-corrected chi connectivity index (χ1v) is 6.35. The fourth-order valence-corrected chi connectivity index (χ4v) is 1.77. The van der Waals surface area contributed by atoms with Crippen LogP contribution < -0.4 is 5.32 Å². The molecule has 0 aliphatic carbocycles. The fraction of sp³-hybridized carbons (Fsp3) is 0.571. The van der Waals surface area contributed by atoms with Crippen molar-refractivity contribution in [2.24, 2.45) is 0 Å². The molecular weight excluding hydrogens is 231 g/mol. The number of benzene rings is 1. The third-order valence-corrected chi connectivity index (χ3v) is 2.77. The Morgan fingerprint density at radius 2 is 2.06 bits per heavy atom. The predicted molar refractivity (Wildman–Crippen MR) is 72.1 cm³/mol. The molecule has 0 aliphatic rings. The highest BCUT2D eigenvalue weighted by molar-refractivity contribution is 5.16. The molecule has 0 radical (unpaired) electrons. The molecule has 0 unspecified atom stereocenters. The number of ether oxygens (including phenoxy) is 1. The van der Waals surface area contributed by atoms with Crippen molar-refractivity contribution in [3.8, 4) is 0 Å². The highest BCUT2D eigenvalue weighted by Gasteiger charge is 2.04. The van der Waals surface area contributed by atoms with E-state index in [9.17, 15) is 4.39 Å². The lowest BCUT2D eigenvalue weighted by atomic mass is 10.2. The lowest BCUT2D eigenvalue weighted by Gasteiger charge is -2.17. The molecule has 3 nitrogen and oxygen atoms in total. The average molecular weight is 254 g/mol. The summed E-state index contributed by atoms with van der Waals surface area (Å²) in [7, 11) is 3.71. The standard InChI is InChI=1S/C14H23FN2O/c1-17(10-5-8-16-9-11-18-2)12-13-6-3-4-7-14(13)15/h3-4,6-7,16H,5,8-12H2,1-2H3.